The molecule has 18 heavy (non-hydrogen) atoms. The van der Waals surface area contributed by atoms with Gasteiger partial charge in [-0.25, -0.2) is 0 Å². The molecule has 1 unspecified atom stereocenters. The summed E-state index contributed by atoms with van der Waals surface area (Å²) in [6.45, 7) is 4.30. The molecule has 0 aliphatic carbocycles. The molecule has 1 aromatic rings. The minimum absolute atomic E-state index is 0.197. The maximum atomic E-state index is 8.89. The number of nitrogens with zero attached hydrogens (tertiary/aromatic N) is 1. The molecule has 0 bridgehead atoms. The minimum Gasteiger partial charge on any atom is -0.491 e. The predicted molar refractivity (Wildman–Crippen MR) is 77.7 cm³/mol. The summed E-state index contributed by atoms with van der Waals surface area (Å²) in [5.74, 6) is 0.768. The van der Waals surface area contributed by atoms with Crippen LogP contribution in [0.15, 0.2) is 22.7 Å². The summed E-state index contributed by atoms with van der Waals surface area (Å²) in [4.78, 5) is 0. The summed E-state index contributed by atoms with van der Waals surface area (Å²) < 4.78 is 6.72. The first-order chi connectivity index (χ1) is 8.65. The number of benzene rings is 1. The fraction of sp³-hybridized carbons (Fsp3) is 0.533. The summed E-state index contributed by atoms with van der Waals surface area (Å²) in [5, 5.41) is 8.89. The smallest absolute Gasteiger partial charge is 0.122 e. The zero-order chi connectivity index (χ0) is 13.4. The maximum Gasteiger partial charge on any atom is 0.122 e. The second-order valence-corrected chi connectivity index (χ2v) is 5.48. The molecule has 1 atom stereocenters. The van der Waals surface area contributed by atoms with Gasteiger partial charge in [0.15, 0.2) is 0 Å². The van der Waals surface area contributed by atoms with Crippen LogP contribution in [0.3, 0.4) is 0 Å². The topological polar surface area (TPSA) is 33.0 Å². The lowest BCUT2D eigenvalue weighted by Crippen LogP contribution is -2.11. The van der Waals surface area contributed by atoms with Crippen molar-refractivity contribution in [3.05, 3.63) is 28.2 Å². The van der Waals surface area contributed by atoms with E-state index < -0.39 is 0 Å². The maximum absolute atomic E-state index is 8.89. The number of hydrogen-bond donors (Lipinski definition) is 0. The monoisotopic (exact) mass is 309 g/mol. The van der Waals surface area contributed by atoms with Gasteiger partial charge in [-0.2, -0.15) is 5.26 Å². The predicted octanol–water partition coefficient (Wildman–Crippen LogP) is 5.06. The molecule has 0 amide bonds. The van der Waals surface area contributed by atoms with Crippen LogP contribution in [0.1, 0.15) is 51.5 Å². The molecule has 0 saturated heterocycles. The van der Waals surface area contributed by atoms with Crippen LogP contribution in [0.5, 0.6) is 5.75 Å². The molecule has 0 saturated carbocycles. The lowest BCUT2D eigenvalue weighted by molar-refractivity contribution is 0.206. The highest BCUT2D eigenvalue weighted by Crippen LogP contribution is 2.23. The van der Waals surface area contributed by atoms with E-state index in [2.05, 4.69) is 35.8 Å². The van der Waals surface area contributed by atoms with Gasteiger partial charge < -0.3 is 4.74 Å². The van der Waals surface area contributed by atoms with Crippen LogP contribution in [0.4, 0.5) is 0 Å². The SMILES string of the molecule is CCCCCCC(C)Oc1cc(Br)cc(C#N)c1. The first-order valence-corrected chi connectivity index (χ1v) is 7.32. The lowest BCUT2D eigenvalue weighted by Gasteiger charge is -2.15. The normalized spacial score (nSPS) is 11.9. The highest BCUT2D eigenvalue weighted by atomic mass is 79.9. The van der Waals surface area contributed by atoms with E-state index in [1.54, 1.807) is 12.1 Å². The Balaban J connectivity index is 2.46. The number of hydrogen-bond acceptors (Lipinski definition) is 2. The Morgan fingerprint density at radius 2 is 2.06 bits per heavy atom. The minimum atomic E-state index is 0.197. The van der Waals surface area contributed by atoms with Crippen LogP contribution >= 0.6 is 15.9 Å². The second kappa shape index (κ2) is 8.16. The van der Waals surface area contributed by atoms with E-state index >= 15 is 0 Å². The standard InChI is InChI=1S/C15H20BrNO/c1-3-4-5-6-7-12(2)18-15-9-13(11-17)8-14(16)10-15/h8-10,12H,3-7H2,1-2H3. The molecular weight excluding hydrogens is 290 g/mol. The average Bonchev–Trinajstić information content (AvgIpc) is 2.34. The van der Waals surface area contributed by atoms with Gasteiger partial charge in [0.1, 0.15) is 5.75 Å². The zero-order valence-electron chi connectivity index (χ0n) is 11.1. The van der Waals surface area contributed by atoms with Gasteiger partial charge in [-0.05, 0) is 38.0 Å². The quantitative estimate of drug-likeness (QED) is 0.660. The molecule has 0 radical (unpaired) electrons. The van der Waals surface area contributed by atoms with Crippen molar-refractivity contribution in [3.8, 4) is 11.8 Å². The van der Waals surface area contributed by atoms with E-state index in [1.807, 2.05) is 6.07 Å². The molecule has 0 heterocycles. The zero-order valence-corrected chi connectivity index (χ0v) is 12.7. The number of unbranched alkanes of at least 4 members (excludes halogenated alkanes) is 3. The Hall–Kier alpha value is -1.01. The Labute approximate surface area is 118 Å². The first kappa shape index (κ1) is 15.0. The summed E-state index contributed by atoms with van der Waals surface area (Å²) in [7, 11) is 0. The third-order valence-electron chi connectivity index (χ3n) is 2.80. The van der Waals surface area contributed by atoms with Crippen molar-refractivity contribution in [1.82, 2.24) is 0 Å². The molecule has 1 rings (SSSR count). The van der Waals surface area contributed by atoms with Gasteiger partial charge in [0.05, 0.1) is 17.7 Å². The molecular formula is C15H20BrNO. The van der Waals surface area contributed by atoms with Crippen LogP contribution < -0.4 is 4.74 Å². The Morgan fingerprint density at radius 1 is 1.28 bits per heavy atom. The van der Waals surface area contributed by atoms with Crippen molar-refractivity contribution < 1.29 is 4.74 Å². The molecule has 1 aromatic carbocycles. The molecule has 0 aromatic heterocycles. The molecule has 2 nitrogen and oxygen atoms in total. The fourth-order valence-corrected chi connectivity index (χ4v) is 2.32. The van der Waals surface area contributed by atoms with Gasteiger partial charge in [-0.1, -0.05) is 42.1 Å². The second-order valence-electron chi connectivity index (χ2n) is 4.57. The van der Waals surface area contributed by atoms with Gasteiger partial charge in [0, 0.05) is 4.47 Å². The summed E-state index contributed by atoms with van der Waals surface area (Å²) in [6.07, 6.45) is 6.28. The van der Waals surface area contributed by atoms with Crippen molar-refractivity contribution in [2.45, 2.75) is 52.1 Å². The van der Waals surface area contributed by atoms with Crippen molar-refractivity contribution in [1.29, 1.82) is 5.26 Å². The van der Waals surface area contributed by atoms with E-state index in [0.717, 1.165) is 16.6 Å². The van der Waals surface area contributed by atoms with Gasteiger partial charge in [0.2, 0.25) is 0 Å². The van der Waals surface area contributed by atoms with E-state index in [9.17, 15) is 0 Å². The van der Waals surface area contributed by atoms with Crippen molar-refractivity contribution >= 4 is 15.9 Å². The summed E-state index contributed by atoms with van der Waals surface area (Å²) >= 11 is 3.39. The Bertz CT molecular complexity index is 411. The molecule has 0 N–H and O–H groups in total. The highest BCUT2D eigenvalue weighted by molar-refractivity contribution is 9.10. The van der Waals surface area contributed by atoms with Crippen LogP contribution in [-0.4, -0.2) is 6.10 Å². The third-order valence-corrected chi connectivity index (χ3v) is 3.26. The van der Waals surface area contributed by atoms with E-state index in [1.165, 1.54) is 25.7 Å². The molecule has 0 aliphatic rings. The van der Waals surface area contributed by atoms with E-state index in [0.29, 0.717) is 5.56 Å². The Morgan fingerprint density at radius 3 is 2.72 bits per heavy atom. The average molecular weight is 310 g/mol. The van der Waals surface area contributed by atoms with Gasteiger partial charge in [0.25, 0.3) is 0 Å². The van der Waals surface area contributed by atoms with Crippen molar-refractivity contribution in [2.75, 3.05) is 0 Å². The fourth-order valence-electron chi connectivity index (χ4n) is 1.85. The molecule has 0 aliphatic heterocycles. The number of rotatable bonds is 7. The van der Waals surface area contributed by atoms with Gasteiger partial charge in [-0.3, -0.25) is 0 Å². The van der Waals surface area contributed by atoms with Crippen LogP contribution in [-0.2, 0) is 0 Å². The third kappa shape index (κ3) is 5.55. The van der Waals surface area contributed by atoms with Crippen LogP contribution in [0, 0.1) is 11.3 Å². The molecule has 3 heteroatoms. The lowest BCUT2D eigenvalue weighted by atomic mass is 10.1. The largest absolute Gasteiger partial charge is 0.491 e. The number of nitriles is 1. The van der Waals surface area contributed by atoms with Gasteiger partial charge in [-0.15, -0.1) is 0 Å². The summed E-state index contributed by atoms with van der Waals surface area (Å²) in [5.41, 5.74) is 0.623. The van der Waals surface area contributed by atoms with E-state index in [-0.39, 0.29) is 6.10 Å². The molecule has 0 spiro atoms. The van der Waals surface area contributed by atoms with Gasteiger partial charge >= 0.3 is 0 Å². The molecule has 0 fully saturated rings. The number of halogens is 1. The van der Waals surface area contributed by atoms with Crippen LogP contribution in [0.25, 0.3) is 0 Å². The summed E-state index contributed by atoms with van der Waals surface area (Å²) in [6, 6.07) is 7.61. The van der Waals surface area contributed by atoms with Crippen LogP contribution in [0.2, 0.25) is 0 Å². The Kier molecular flexibility index (Phi) is 6.82. The molecule has 98 valence electrons. The van der Waals surface area contributed by atoms with E-state index in [4.69, 9.17) is 10.00 Å². The first-order valence-electron chi connectivity index (χ1n) is 6.53. The van der Waals surface area contributed by atoms with Crippen molar-refractivity contribution in [2.24, 2.45) is 0 Å². The highest BCUT2D eigenvalue weighted by Gasteiger charge is 2.06. The van der Waals surface area contributed by atoms with Crippen molar-refractivity contribution in [3.63, 3.8) is 0 Å². The number of ether oxygens (including phenoxy) is 1.